The fraction of sp³-hybridized carbons (Fsp3) is 0.389. The van der Waals surface area contributed by atoms with Crippen LogP contribution in [0.4, 0.5) is 4.79 Å². The first-order valence-corrected chi connectivity index (χ1v) is 7.88. The van der Waals surface area contributed by atoms with Crippen molar-refractivity contribution in [3.05, 3.63) is 59.7 Å². The summed E-state index contributed by atoms with van der Waals surface area (Å²) in [7, 11) is 0. The van der Waals surface area contributed by atoms with E-state index in [-0.39, 0.29) is 6.03 Å². The summed E-state index contributed by atoms with van der Waals surface area (Å²) in [4.78, 5) is 22.6. The van der Waals surface area contributed by atoms with Gasteiger partial charge in [0.25, 0.3) is 0 Å². The maximum Gasteiger partial charge on any atom is 0.317 e. The Kier molecular flexibility index (Phi) is 6.09. The molecule has 2 aromatic heterocycles. The van der Waals surface area contributed by atoms with Gasteiger partial charge in [0.15, 0.2) is 0 Å². The monoisotopic (exact) mass is 312 g/mol. The number of hydrogen-bond acceptors (Lipinski definition) is 3. The van der Waals surface area contributed by atoms with Crippen molar-refractivity contribution < 1.29 is 4.79 Å². The number of nitrogens with zero attached hydrogens (tertiary/aromatic N) is 3. The first kappa shape index (κ1) is 16.9. The summed E-state index contributed by atoms with van der Waals surface area (Å²) in [6, 6.07) is 7.72. The predicted octanol–water partition coefficient (Wildman–Crippen LogP) is 3.15. The number of carbonyl (C=O) groups excluding carboxylic acids is 1. The van der Waals surface area contributed by atoms with Gasteiger partial charge < -0.3 is 10.2 Å². The second kappa shape index (κ2) is 8.27. The zero-order valence-electron chi connectivity index (χ0n) is 14.0. The fourth-order valence-electron chi connectivity index (χ4n) is 2.38. The summed E-state index contributed by atoms with van der Waals surface area (Å²) in [5.74, 6) is 0.403. The van der Waals surface area contributed by atoms with E-state index in [0.29, 0.717) is 25.6 Å². The fourth-order valence-corrected chi connectivity index (χ4v) is 2.38. The molecule has 0 saturated carbocycles. The van der Waals surface area contributed by atoms with Crippen molar-refractivity contribution in [3.63, 3.8) is 0 Å². The Labute approximate surface area is 137 Å². The van der Waals surface area contributed by atoms with E-state index < -0.39 is 0 Å². The standard InChI is InChI=1S/C18H24N4O/c1-14(2)12-22(13-17-5-4-7-19-10-17)18(23)21-11-16-6-8-20-15(3)9-16/h4-10,14H,11-13H2,1-3H3,(H,21,23). The molecule has 23 heavy (non-hydrogen) atoms. The molecule has 2 heterocycles. The number of aromatic nitrogens is 2. The number of urea groups is 1. The van der Waals surface area contributed by atoms with Gasteiger partial charge >= 0.3 is 6.03 Å². The van der Waals surface area contributed by atoms with E-state index in [9.17, 15) is 4.79 Å². The average molecular weight is 312 g/mol. The minimum absolute atomic E-state index is 0.0583. The molecule has 122 valence electrons. The third kappa shape index (κ3) is 5.70. The van der Waals surface area contributed by atoms with Gasteiger partial charge in [-0.1, -0.05) is 19.9 Å². The normalized spacial score (nSPS) is 10.6. The van der Waals surface area contributed by atoms with Gasteiger partial charge in [-0.05, 0) is 42.2 Å². The number of aryl methyl sites for hydroxylation is 1. The number of pyridine rings is 2. The van der Waals surface area contributed by atoms with Crippen LogP contribution in [0.3, 0.4) is 0 Å². The van der Waals surface area contributed by atoms with Crippen molar-refractivity contribution in [2.24, 2.45) is 5.92 Å². The Hall–Kier alpha value is -2.43. The van der Waals surface area contributed by atoms with Crippen LogP contribution in [0.5, 0.6) is 0 Å². The van der Waals surface area contributed by atoms with Gasteiger partial charge in [0.1, 0.15) is 0 Å². The second-order valence-electron chi connectivity index (χ2n) is 6.10. The summed E-state index contributed by atoms with van der Waals surface area (Å²) >= 11 is 0. The van der Waals surface area contributed by atoms with Gasteiger partial charge in [0, 0.05) is 43.9 Å². The van der Waals surface area contributed by atoms with E-state index in [1.54, 1.807) is 18.6 Å². The van der Waals surface area contributed by atoms with E-state index in [1.165, 1.54) is 0 Å². The molecule has 0 bridgehead atoms. The van der Waals surface area contributed by atoms with Crippen molar-refractivity contribution in [3.8, 4) is 0 Å². The van der Waals surface area contributed by atoms with Gasteiger partial charge in [-0.2, -0.15) is 0 Å². The quantitative estimate of drug-likeness (QED) is 0.891. The summed E-state index contributed by atoms with van der Waals surface area (Å²) in [5, 5.41) is 2.99. The van der Waals surface area contributed by atoms with Crippen LogP contribution < -0.4 is 5.32 Å². The van der Waals surface area contributed by atoms with Crippen molar-refractivity contribution in [1.82, 2.24) is 20.2 Å². The first-order chi connectivity index (χ1) is 11.0. The number of amides is 2. The Morgan fingerprint density at radius 2 is 2.09 bits per heavy atom. The van der Waals surface area contributed by atoms with Crippen LogP contribution in [0.25, 0.3) is 0 Å². The van der Waals surface area contributed by atoms with Crippen molar-refractivity contribution in [1.29, 1.82) is 0 Å². The van der Waals surface area contributed by atoms with E-state index in [4.69, 9.17) is 0 Å². The molecule has 5 heteroatoms. The van der Waals surface area contributed by atoms with Crippen molar-refractivity contribution in [2.45, 2.75) is 33.9 Å². The van der Waals surface area contributed by atoms with Crippen LogP contribution in [0, 0.1) is 12.8 Å². The van der Waals surface area contributed by atoms with Crippen LogP contribution in [-0.2, 0) is 13.1 Å². The van der Waals surface area contributed by atoms with Crippen LogP contribution in [0.1, 0.15) is 30.7 Å². The van der Waals surface area contributed by atoms with Gasteiger partial charge in [0.05, 0.1) is 0 Å². The summed E-state index contributed by atoms with van der Waals surface area (Å²) in [6.07, 6.45) is 5.30. The lowest BCUT2D eigenvalue weighted by Gasteiger charge is -2.25. The van der Waals surface area contributed by atoms with E-state index in [1.807, 2.05) is 36.1 Å². The Bertz CT molecular complexity index is 628. The minimum Gasteiger partial charge on any atom is -0.334 e. The molecule has 5 nitrogen and oxygen atoms in total. The molecule has 0 aliphatic carbocycles. The molecule has 0 spiro atoms. The van der Waals surface area contributed by atoms with Crippen LogP contribution in [0.15, 0.2) is 42.9 Å². The zero-order valence-corrected chi connectivity index (χ0v) is 14.0. The highest BCUT2D eigenvalue weighted by molar-refractivity contribution is 5.74. The molecule has 0 aromatic carbocycles. The molecule has 0 fully saturated rings. The Morgan fingerprint density at radius 1 is 1.26 bits per heavy atom. The zero-order chi connectivity index (χ0) is 16.7. The lowest BCUT2D eigenvalue weighted by Crippen LogP contribution is -2.41. The lowest BCUT2D eigenvalue weighted by atomic mass is 10.2. The summed E-state index contributed by atoms with van der Waals surface area (Å²) in [5.41, 5.74) is 3.03. The molecule has 0 atom stereocenters. The first-order valence-electron chi connectivity index (χ1n) is 7.88. The maximum atomic E-state index is 12.5. The molecule has 2 aromatic rings. The van der Waals surface area contributed by atoms with Gasteiger partial charge in [-0.15, -0.1) is 0 Å². The molecule has 2 amide bonds. The molecule has 0 aliphatic rings. The summed E-state index contributed by atoms with van der Waals surface area (Å²) < 4.78 is 0. The highest BCUT2D eigenvalue weighted by Crippen LogP contribution is 2.08. The van der Waals surface area contributed by atoms with E-state index in [2.05, 4.69) is 29.1 Å². The maximum absolute atomic E-state index is 12.5. The SMILES string of the molecule is Cc1cc(CNC(=O)N(Cc2cccnc2)CC(C)C)ccn1. The number of rotatable bonds is 6. The number of carbonyl (C=O) groups is 1. The Morgan fingerprint density at radius 3 is 2.74 bits per heavy atom. The molecular formula is C18H24N4O. The molecule has 0 unspecified atom stereocenters. The average Bonchev–Trinajstić information content (AvgIpc) is 2.52. The van der Waals surface area contributed by atoms with Crippen LogP contribution in [-0.4, -0.2) is 27.4 Å². The summed E-state index contributed by atoms with van der Waals surface area (Å²) in [6.45, 7) is 7.93. The van der Waals surface area contributed by atoms with Crippen molar-refractivity contribution in [2.75, 3.05) is 6.54 Å². The van der Waals surface area contributed by atoms with Crippen molar-refractivity contribution >= 4 is 6.03 Å². The highest BCUT2D eigenvalue weighted by Gasteiger charge is 2.15. The predicted molar refractivity (Wildman–Crippen MR) is 90.7 cm³/mol. The largest absolute Gasteiger partial charge is 0.334 e. The molecule has 1 N–H and O–H groups in total. The third-order valence-electron chi connectivity index (χ3n) is 3.37. The highest BCUT2D eigenvalue weighted by atomic mass is 16.2. The molecule has 0 radical (unpaired) electrons. The third-order valence-corrected chi connectivity index (χ3v) is 3.37. The Balaban J connectivity index is 1.98. The smallest absolute Gasteiger partial charge is 0.317 e. The number of hydrogen-bond donors (Lipinski definition) is 1. The van der Waals surface area contributed by atoms with Gasteiger partial charge in [-0.25, -0.2) is 4.79 Å². The van der Waals surface area contributed by atoms with Crippen LogP contribution >= 0.6 is 0 Å². The second-order valence-corrected chi connectivity index (χ2v) is 6.10. The van der Waals surface area contributed by atoms with Gasteiger partial charge in [-0.3, -0.25) is 9.97 Å². The molecule has 2 rings (SSSR count). The topological polar surface area (TPSA) is 58.1 Å². The molecular weight excluding hydrogens is 288 g/mol. The lowest BCUT2D eigenvalue weighted by molar-refractivity contribution is 0.187. The van der Waals surface area contributed by atoms with E-state index in [0.717, 1.165) is 16.8 Å². The minimum atomic E-state index is -0.0583. The van der Waals surface area contributed by atoms with Crippen LogP contribution in [0.2, 0.25) is 0 Å². The molecule has 0 saturated heterocycles. The van der Waals surface area contributed by atoms with Gasteiger partial charge in [0.2, 0.25) is 0 Å². The van der Waals surface area contributed by atoms with E-state index >= 15 is 0 Å². The number of nitrogens with one attached hydrogen (secondary N) is 1. The molecule has 0 aliphatic heterocycles.